The van der Waals surface area contributed by atoms with Crippen molar-refractivity contribution in [3.8, 4) is 0 Å². The predicted molar refractivity (Wildman–Crippen MR) is 22.6 cm³/mol. The Balaban J connectivity index is -0.00000000800. The summed E-state index contributed by atoms with van der Waals surface area (Å²) in [7, 11) is -4.61. The Labute approximate surface area is 87.9 Å². The van der Waals surface area contributed by atoms with Gasteiger partial charge in [0.2, 0.25) is 0 Å². The fourth-order valence-corrected chi connectivity index (χ4v) is 0. The maximum atomic E-state index is 7.33. The molecule has 8 heteroatoms. The molecular formula is H6FeMgMnO4Si. The first-order chi connectivity index (χ1) is 2.00. The van der Waals surface area contributed by atoms with Crippen LogP contribution in [0.2, 0.25) is 0 Å². The Kier molecular flexibility index (Phi) is 25.0. The van der Waals surface area contributed by atoms with E-state index in [1.165, 1.54) is 0 Å². The molecule has 0 heterocycles. The van der Waals surface area contributed by atoms with E-state index in [0.717, 1.165) is 0 Å². The van der Waals surface area contributed by atoms with Crippen LogP contribution in [0.4, 0.5) is 0 Å². The molecule has 0 aliphatic rings. The van der Waals surface area contributed by atoms with Crippen molar-refractivity contribution in [2.45, 2.75) is 0 Å². The summed E-state index contributed by atoms with van der Waals surface area (Å²) < 4.78 is 0. The third-order valence-electron chi connectivity index (χ3n) is 0. The molecule has 4 nitrogen and oxygen atoms in total. The fraction of sp³-hybridized carbons (Fsp3) is 0. The van der Waals surface area contributed by atoms with Crippen molar-refractivity contribution in [2.24, 2.45) is 0 Å². The molecule has 0 fully saturated rings. The van der Waals surface area contributed by atoms with Crippen molar-refractivity contribution in [1.82, 2.24) is 0 Å². The van der Waals surface area contributed by atoms with Gasteiger partial charge in [-0.3, -0.25) is 0 Å². The van der Waals surface area contributed by atoms with Crippen molar-refractivity contribution >= 4 is 32.1 Å². The zero-order valence-corrected chi connectivity index (χ0v) is 8.43. The minimum atomic E-state index is -4.61. The van der Waals surface area contributed by atoms with E-state index < -0.39 is 9.05 Å². The molecule has 0 amide bonds. The quantitative estimate of drug-likeness (QED) is 0.341. The van der Waals surface area contributed by atoms with Gasteiger partial charge in [-0.2, -0.15) is 0 Å². The molecule has 0 atom stereocenters. The molecule has 0 aromatic carbocycles. The fourth-order valence-electron chi connectivity index (χ4n) is 0. The summed E-state index contributed by atoms with van der Waals surface area (Å²) in [6, 6.07) is 0. The molecule has 4 N–H and O–H groups in total. The summed E-state index contributed by atoms with van der Waals surface area (Å²) >= 11 is 0. The van der Waals surface area contributed by atoms with Crippen LogP contribution in [0.5, 0.6) is 0 Å². The first kappa shape index (κ1) is 22.5. The molecule has 0 aliphatic carbocycles. The minimum absolute atomic E-state index is 0. The Morgan fingerprint density at radius 3 is 1.00 bits per heavy atom. The van der Waals surface area contributed by atoms with Crippen molar-refractivity contribution in [3.63, 3.8) is 0 Å². The molecule has 0 aliphatic heterocycles. The van der Waals surface area contributed by atoms with Gasteiger partial charge in [0.05, 0.1) is 0 Å². The third kappa shape index (κ3) is 107. The van der Waals surface area contributed by atoms with E-state index >= 15 is 0 Å². The first-order valence-corrected chi connectivity index (χ1v) is 2.68. The van der Waals surface area contributed by atoms with E-state index in [0.29, 0.717) is 0 Å². The van der Waals surface area contributed by atoms with Crippen LogP contribution >= 0.6 is 0 Å². The Hall–Kier alpha value is 1.86. The van der Waals surface area contributed by atoms with Crippen molar-refractivity contribution < 1.29 is 56.2 Å². The standard InChI is InChI=1S/Fe.Mg.Mn.H4O4Si.2H/c;;;1-5(2,3)4;;/h;;;1-4H;;/q;+2;;;2*-1. The Morgan fingerprint density at radius 2 is 1.00 bits per heavy atom. The molecule has 0 aromatic heterocycles. The topological polar surface area (TPSA) is 80.9 Å². The molecule has 0 saturated carbocycles. The Bertz CT molecular complexity index is 38.7. The van der Waals surface area contributed by atoms with E-state index in [9.17, 15) is 0 Å². The van der Waals surface area contributed by atoms with Crippen LogP contribution in [0.15, 0.2) is 0 Å². The second-order valence-corrected chi connectivity index (χ2v) is 1.80. The van der Waals surface area contributed by atoms with Crippen molar-refractivity contribution in [2.75, 3.05) is 0 Å². The van der Waals surface area contributed by atoms with E-state index in [-0.39, 0.29) is 60.0 Å². The van der Waals surface area contributed by atoms with Crippen LogP contribution in [-0.4, -0.2) is 51.3 Å². The summed E-state index contributed by atoms with van der Waals surface area (Å²) in [5, 5.41) is 0. The van der Waals surface area contributed by atoms with E-state index in [4.69, 9.17) is 19.2 Å². The SMILES string of the molecule is O[Si](O)(O)O.[Fe].[H-].[H-].[Mg+2].[Mn]. The van der Waals surface area contributed by atoms with E-state index in [1.54, 1.807) is 0 Å². The smallest absolute Gasteiger partial charge is 1.00 e. The van der Waals surface area contributed by atoms with Gasteiger partial charge in [0, 0.05) is 34.1 Å². The van der Waals surface area contributed by atoms with Crippen LogP contribution < -0.4 is 0 Å². The molecule has 51 valence electrons. The van der Waals surface area contributed by atoms with Gasteiger partial charge in [0.1, 0.15) is 0 Å². The van der Waals surface area contributed by atoms with Gasteiger partial charge < -0.3 is 22.0 Å². The van der Waals surface area contributed by atoms with Crippen LogP contribution in [-0.2, 0) is 34.1 Å². The van der Waals surface area contributed by atoms with Gasteiger partial charge >= 0.3 is 32.1 Å². The summed E-state index contributed by atoms with van der Waals surface area (Å²) in [5.74, 6) is 0. The monoisotopic (exact) mass is 233 g/mol. The molecule has 8 heavy (non-hydrogen) atoms. The van der Waals surface area contributed by atoms with Gasteiger partial charge in [-0.05, 0) is 0 Å². The molecule has 1 radical (unpaired) electrons. The average molecular weight is 233 g/mol. The molecule has 0 spiro atoms. The normalized spacial score (nSPS) is 7.50. The van der Waals surface area contributed by atoms with Crippen molar-refractivity contribution in [1.29, 1.82) is 0 Å². The number of hydrogen-bond donors (Lipinski definition) is 4. The summed E-state index contributed by atoms with van der Waals surface area (Å²) in [4.78, 5) is 29.3. The zero-order chi connectivity index (χ0) is 4.50. The second-order valence-electron chi connectivity index (χ2n) is 0.600. The van der Waals surface area contributed by atoms with Gasteiger partial charge in [0.25, 0.3) is 0 Å². The van der Waals surface area contributed by atoms with Gasteiger partial charge in [0.15, 0.2) is 0 Å². The Morgan fingerprint density at radius 1 is 1.00 bits per heavy atom. The van der Waals surface area contributed by atoms with Crippen molar-refractivity contribution in [3.05, 3.63) is 0 Å². The molecular weight excluding hydrogens is 227 g/mol. The van der Waals surface area contributed by atoms with E-state index in [1.807, 2.05) is 0 Å². The van der Waals surface area contributed by atoms with Crippen LogP contribution in [0.1, 0.15) is 2.85 Å². The van der Waals surface area contributed by atoms with E-state index in [2.05, 4.69) is 0 Å². The second kappa shape index (κ2) is 8.86. The molecule has 0 saturated heterocycles. The van der Waals surface area contributed by atoms with Crippen LogP contribution in [0.3, 0.4) is 0 Å². The maximum absolute atomic E-state index is 7.33. The van der Waals surface area contributed by atoms with Gasteiger partial charge in [-0.1, -0.05) is 0 Å². The average Bonchev–Trinajstić information content (AvgIpc) is 0.722. The largest absolute Gasteiger partial charge is 2.00 e. The number of rotatable bonds is 0. The predicted octanol–water partition coefficient (Wildman–Crippen LogP) is -2.77. The van der Waals surface area contributed by atoms with Gasteiger partial charge in [-0.25, -0.2) is 0 Å². The third-order valence-corrected chi connectivity index (χ3v) is 0. The van der Waals surface area contributed by atoms with Crippen LogP contribution in [0.25, 0.3) is 0 Å². The molecule has 0 aromatic rings. The minimum Gasteiger partial charge on any atom is -1.00 e. The summed E-state index contributed by atoms with van der Waals surface area (Å²) in [6.07, 6.45) is 0. The zero-order valence-electron chi connectivity index (χ0n) is 5.73. The summed E-state index contributed by atoms with van der Waals surface area (Å²) in [6.45, 7) is 0. The first-order valence-electron chi connectivity index (χ1n) is 0.894. The summed E-state index contributed by atoms with van der Waals surface area (Å²) in [5.41, 5.74) is 0. The van der Waals surface area contributed by atoms with Gasteiger partial charge in [-0.15, -0.1) is 0 Å². The maximum Gasteiger partial charge on any atom is 2.00 e. The van der Waals surface area contributed by atoms with Crippen LogP contribution in [0, 0.1) is 0 Å². The molecule has 0 unspecified atom stereocenters. The molecule has 0 bridgehead atoms. The number of hydrogen-bond acceptors (Lipinski definition) is 4. The molecule has 0 rings (SSSR count).